The summed E-state index contributed by atoms with van der Waals surface area (Å²) in [5.41, 5.74) is -2.11. The smallest absolute Gasteiger partial charge is 0.424 e. The number of hydrogen-bond acceptors (Lipinski definition) is 8. The minimum Gasteiger partial charge on any atom is -0.494 e. The van der Waals surface area contributed by atoms with Crippen LogP contribution in [-0.2, 0) is 16.8 Å². The normalized spacial score (nSPS) is 14.4. The number of carbonyl (C=O) groups is 2. The summed E-state index contributed by atoms with van der Waals surface area (Å²) in [6, 6.07) is 6.45. The van der Waals surface area contributed by atoms with Gasteiger partial charge in [-0.25, -0.2) is 13.8 Å². The molecule has 2 heterocycles. The van der Waals surface area contributed by atoms with Crippen LogP contribution in [0.5, 0.6) is 11.5 Å². The quantitative estimate of drug-likeness (QED) is 0.202. The van der Waals surface area contributed by atoms with Crippen LogP contribution in [0.25, 0.3) is 22.2 Å². The molecule has 0 unspecified atom stereocenters. The second-order valence-electron chi connectivity index (χ2n) is 10.8. The first-order valence-corrected chi connectivity index (χ1v) is 14.2. The molecule has 47 heavy (non-hydrogen) atoms. The molecule has 246 valence electrons. The maximum absolute atomic E-state index is 15.4. The summed E-state index contributed by atoms with van der Waals surface area (Å²) in [7, 11) is 1.34. The predicted molar refractivity (Wildman–Crippen MR) is 155 cm³/mol. The highest BCUT2D eigenvalue weighted by molar-refractivity contribution is 6.00. The molecule has 0 aliphatic heterocycles. The van der Waals surface area contributed by atoms with Crippen LogP contribution in [0.15, 0.2) is 36.5 Å². The molecular weight excluding hydrogens is 631 g/mol. The predicted octanol–water partition coefficient (Wildman–Crippen LogP) is 4.20. The molecule has 2 aromatic carbocycles. The van der Waals surface area contributed by atoms with E-state index in [1.54, 1.807) is 10.9 Å². The first kappa shape index (κ1) is 33.1. The standard InChI is InChI=1S/C31H27F5N6O5/c1-3-47-28-15(11-24(38)43)10-23(40-27(28)19-6-7-21(32)20(12-37)25(19)33)30(45,31(34,35)36)14-39-29(44)16-8-17-13-42(18-4-5-18)41-26(17)22(9-16)46-2/h6-10,13,18,45H,3-5,11,14H2,1-2H3,(H2,38,43)(H,39,44)/t30-/m0/s1. The Bertz CT molecular complexity index is 1930. The van der Waals surface area contributed by atoms with E-state index in [0.717, 1.165) is 18.9 Å². The summed E-state index contributed by atoms with van der Waals surface area (Å²) in [6.45, 7) is -0.137. The minimum atomic E-state index is -5.51. The van der Waals surface area contributed by atoms with E-state index in [0.29, 0.717) is 23.0 Å². The molecule has 1 aliphatic carbocycles. The number of carbonyl (C=O) groups excluding carboxylic acids is 2. The zero-order chi connectivity index (χ0) is 34.3. The summed E-state index contributed by atoms with van der Waals surface area (Å²) in [6.07, 6.45) is -2.70. The van der Waals surface area contributed by atoms with Crippen molar-refractivity contribution in [2.24, 2.45) is 5.73 Å². The number of ether oxygens (including phenoxy) is 2. The first-order chi connectivity index (χ1) is 22.2. The van der Waals surface area contributed by atoms with Crippen molar-refractivity contribution in [1.82, 2.24) is 20.1 Å². The monoisotopic (exact) mass is 658 g/mol. The Balaban J connectivity index is 1.60. The van der Waals surface area contributed by atoms with Gasteiger partial charge in [-0.2, -0.15) is 23.5 Å². The largest absolute Gasteiger partial charge is 0.494 e. The summed E-state index contributed by atoms with van der Waals surface area (Å²) in [5, 5.41) is 27.5. The number of primary amides is 1. The number of nitrogens with one attached hydrogen (secondary N) is 1. The zero-order valence-corrected chi connectivity index (χ0v) is 24.9. The Hall–Kier alpha value is -5.30. The average Bonchev–Trinajstić information content (AvgIpc) is 3.78. The average molecular weight is 659 g/mol. The number of aromatic nitrogens is 3. The van der Waals surface area contributed by atoms with Crippen LogP contribution < -0.4 is 20.5 Å². The number of nitriles is 1. The van der Waals surface area contributed by atoms with E-state index in [1.807, 2.05) is 0 Å². The van der Waals surface area contributed by atoms with Crippen LogP contribution in [0.4, 0.5) is 22.0 Å². The number of fused-ring (bicyclic) bond motifs is 1. The van der Waals surface area contributed by atoms with Gasteiger partial charge in [0.05, 0.1) is 38.4 Å². The third-order valence-electron chi connectivity index (χ3n) is 7.55. The number of pyridine rings is 1. The second kappa shape index (κ2) is 12.5. The highest BCUT2D eigenvalue weighted by Crippen LogP contribution is 2.43. The van der Waals surface area contributed by atoms with Crippen LogP contribution in [0.1, 0.15) is 53.0 Å². The molecule has 2 amide bonds. The van der Waals surface area contributed by atoms with Gasteiger partial charge >= 0.3 is 6.18 Å². The summed E-state index contributed by atoms with van der Waals surface area (Å²) in [5.74, 6) is -4.94. The number of alkyl halides is 3. The summed E-state index contributed by atoms with van der Waals surface area (Å²) < 4.78 is 86.2. The third-order valence-corrected chi connectivity index (χ3v) is 7.55. The lowest BCUT2D eigenvalue weighted by atomic mass is 9.93. The van der Waals surface area contributed by atoms with Gasteiger partial charge in [0, 0.05) is 28.3 Å². The molecule has 1 atom stereocenters. The van der Waals surface area contributed by atoms with E-state index in [1.165, 1.54) is 32.2 Å². The van der Waals surface area contributed by atoms with Gasteiger partial charge in [0.25, 0.3) is 5.91 Å². The number of nitrogens with zero attached hydrogens (tertiary/aromatic N) is 4. The van der Waals surface area contributed by atoms with Crippen LogP contribution in [0, 0.1) is 23.0 Å². The number of aliphatic hydroxyl groups is 1. The number of hydrogen-bond donors (Lipinski definition) is 3. The minimum absolute atomic E-state index is 0.0959. The molecular formula is C31H27F5N6O5. The Labute approximate surface area is 263 Å². The molecule has 0 radical (unpaired) electrons. The van der Waals surface area contributed by atoms with Gasteiger partial charge in [-0.05, 0) is 50.1 Å². The summed E-state index contributed by atoms with van der Waals surface area (Å²) >= 11 is 0. The lowest BCUT2D eigenvalue weighted by Gasteiger charge is -2.31. The molecule has 0 spiro atoms. The maximum Gasteiger partial charge on any atom is 0.424 e. The van der Waals surface area contributed by atoms with Crippen LogP contribution >= 0.6 is 0 Å². The van der Waals surface area contributed by atoms with E-state index in [9.17, 15) is 37.5 Å². The Morgan fingerprint density at radius 1 is 1.21 bits per heavy atom. The van der Waals surface area contributed by atoms with Crippen molar-refractivity contribution in [1.29, 1.82) is 5.26 Å². The topological polar surface area (TPSA) is 165 Å². The van der Waals surface area contributed by atoms with Gasteiger partial charge in [-0.1, -0.05) is 0 Å². The highest BCUT2D eigenvalue weighted by Gasteiger charge is 2.57. The van der Waals surface area contributed by atoms with Gasteiger partial charge in [0.15, 0.2) is 5.82 Å². The molecule has 5 rings (SSSR count). The number of halogens is 5. The fourth-order valence-electron chi connectivity index (χ4n) is 5.02. The van der Waals surface area contributed by atoms with E-state index in [-0.39, 0.29) is 35.3 Å². The number of methoxy groups -OCH3 is 1. The van der Waals surface area contributed by atoms with Gasteiger partial charge in [-0.3, -0.25) is 14.3 Å². The van der Waals surface area contributed by atoms with Gasteiger partial charge in [-0.15, -0.1) is 0 Å². The molecule has 0 saturated heterocycles. The summed E-state index contributed by atoms with van der Waals surface area (Å²) in [4.78, 5) is 29.0. The van der Waals surface area contributed by atoms with Gasteiger partial charge < -0.3 is 25.6 Å². The van der Waals surface area contributed by atoms with E-state index in [4.69, 9.17) is 15.2 Å². The molecule has 1 aliphatic rings. The highest BCUT2D eigenvalue weighted by atomic mass is 19.4. The molecule has 1 saturated carbocycles. The Morgan fingerprint density at radius 2 is 1.94 bits per heavy atom. The lowest BCUT2D eigenvalue weighted by molar-refractivity contribution is -0.265. The second-order valence-corrected chi connectivity index (χ2v) is 10.8. The van der Waals surface area contributed by atoms with Crippen LogP contribution in [0.2, 0.25) is 0 Å². The zero-order valence-electron chi connectivity index (χ0n) is 24.9. The number of nitrogens with two attached hydrogens (primary N) is 1. The van der Waals surface area contributed by atoms with Crippen molar-refractivity contribution in [3.8, 4) is 28.8 Å². The fourth-order valence-corrected chi connectivity index (χ4v) is 5.02. The fraction of sp³-hybridized carbons (Fsp3) is 0.323. The van der Waals surface area contributed by atoms with E-state index in [2.05, 4.69) is 15.4 Å². The van der Waals surface area contributed by atoms with Crippen LogP contribution in [-0.4, -0.2) is 58.1 Å². The van der Waals surface area contributed by atoms with Crippen molar-refractivity contribution >= 4 is 22.7 Å². The molecule has 16 heteroatoms. The van der Waals surface area contributed by atoms with E-state index >= 15 is 4.39 Å². The van der Waals surface area contributed by atoms with Crippen molar-refractivity contribution in [3.63, 3.8) is 0 Å². The van der Waals surface area contributed by atoms with Crippen LogP contribution in [0.3, 0.4) is 0 Å². The van der Waals surface area contributed by atoms with Crippen molar-refractivity contribution in [2.45, 2.75) is 44.0 Å². The lowest BCUT2D eigenvalue weighted by Crippen LogP contribution is -2.51. The van der Waals surface area contributed by atoms with Crippen molar-refractivity contribution in [3.05, 3.63) is 70.5 Å². The number of amides is 2. The molecule has 4 aromatic rings. The van der Waals surface area contributed by atoms with Crippen molar-refractivity contribution in [2.75, 3.05) is 20.3 Å². The van der Waals surface area contributed by atoms with Gasteiger partial charge in [0.2, 0.25) is 11.5 Å². The molecule has 1 fully saturated rings. The maximum atomic E-state index is 15.4. The molecule has 2 aromatic heterocycles. The van der Waals surface area contributed by atoms with Crippen molar-refractivity contribution < 1.29 is 46.1 Å². The van der Waals surface area contributed by atoms with Gasteiger partial charge in [0.1, 0.15) is 40.2 Å². The first-order valence-electron chi connectivity index (χ1n) is 14.2. The number of benzene rings is 2. The SMILES string of the molecule is CCOc1c(CC(N)=O)cc([C@@](O)(CNC(=O)c2cc(OC)c3nn(C4CC4)cc3c2)C(F)(F)F)nc1-c1ccc(F)c(C#N)c1F. The molecule has 4 N–H and O–H groups in total. The Kier molecular flexibility index (Phi) is 8.78. The molecule has 0 bridgehead atoms. The number of rotatable bonds is 11. The third kappa shape index (κ3) is 6.26. The Morgan fingerprint density at radius 3 is 2.53 bits per heavy atom. The molecule has 11 nitrogen and oxygen atoms in total. The van der Waals surface area contributed by atoms with E-state index < -0.39 is 70.7 Å².